The van der Waals surface area contributed by atoms with E-state index in [-0.39, 0.29) is 18.6 Å². The molecule has 1 fully saturated rings. The predicted octanol–water partition coefficient (Wildman–Crippen LogP) is 1.52. The zero-order valence-corrected chi connectivity index (χ0v) is 13.4. The molecule has 0 radical (unpaired) electrons. The second-order valence-electron chi connectivity index (χ2n) is 5.84. The van der Waals surface area contributed by atoms with Crippen molar-refractivity contribution < 1.29 is 14.6 Å². The molecule has 1 heterocycles. The normalized spacial score (nSPS) is 21.8. The van der Waals surface area contributed by atoms with Gasteiger partial charge in [-0.2, -0.15) is 0 Å². The molecule has 1 aromatic carbocycles. The average Bonchev–Trinajstić information content (AvgIpc) is 2.89. The Bertz CT molecular complexity index is 475. The van der Waals surface area contributed by atoms with Crippen molar-refractivity contribution in [1.82, 2.24) is 10.2 Å². The Balaban J connectivity index is 1.98. The van der Waals surface area contributed by atoms with E-state index in [0.29, 0.717) is 18.0 Å². The van der Waals surface area contributed by atoms with Crippen molar-refractivity contribution in [2.45, 2.75) is 25.8 Å². The number of nitrogens with one attached hydrogen (secondary N) is 1. The van der Waals surface area contributed by atoms with Crippen molar-refractivity contribution in [3.8, 4) is 5.75 Å². The number of benzene rings is 1. The van der Waals surface area contributed by atoms with Gasteiger partial charge in [-0.3, -0.25) is 9.69 Å². The molecule has 0 aromatic heterocycles. The Kier molecular flexibility index (Phi) is 6.21. The molecule has 1 saturated heterocycles. The lowest BCUT2D eigenvalue weighted by atomic mass is 9.98. The summed E-state index contributed by atoms with van der Waals surface area (Å²) in [5.41, 5.74) is 0.650. The summed E-state index contributed by atoms with van der Waals surface area (Å²) in [6.07, 6.45) is 2.20. The van der Waals surface area contributed by atoms with Gasteiger partial charge in [0.15, 0.2) is 0 Å². The summed E-state index contributed by atoms with van der Waals surface area (Å²) in [5, 5.41) is 12.3. The molecule has 0 aliphatic carbocycles. The standard InChI is InChI=1S/C17H26N2O3/c1-3-4-14-11-19(9-10-20)12-16(14)18-17(21)13-5-7-15(22-2)8-6-13/h5-8,14,16,20H,3-4,9-12H2,1-2H3,(H,18,21)/t14-,16-/m1/s1. The molecule has 1 amide bonds. The van der Waals surface area contributed by atoms with E-state index >= 15 is 0 Å². The third-order valence-corrected chi connectivity index (χ3v) is 4.26. The summed E-state index contributed by atoms with van der Waals surface area (Å²) in [6.45, 7) is 4.76. The van der Waals surface area contributed by atoms with Gasteiger partial charge in [-0.1, -0.05) is 13.3 Å². The molecule has 0 saturated carbocycles. The number of ether oxygens (including phenoxy) is 1. The van der Waals surface area contributed by atoms with Gasteiger partial charge in [0.25, 0.3) is 5.91 Å². The van der Waals surface area contributed by atoms with Crippen LogP contribution < -0.4 is 10.1 Å². The van der Waals surface area contributed by atoms with Crippen LogP contribution >= 0.6 is 0 Å². The monoisotopic (exact) mass is 306 g/mol. The lowest BCUT2D eigenvalue weighted by Gasteiger charge is -2.19. The van der Waals surface area contributed by atoms with E-state index in [1.807, 2.05) is 0 Å². The number of rotatable bonds is 7. The van der Waals surface area contributed by atoms with E-state index in [0.717, 1.165) is 31.7 Å². The molecule has 122 valence electrons. The van der Waals surface area contributed by atoms with Gasteiger partial charge in [-0.15, -0.1) is 0 Å². The molecule has 1 aliphatic rings. The Morgan fingerprint density at radius 3 is 2.68 bits per heavy atom. The minimum atomic E-state index is -0.0420. The van der Waals surface area contributed by atoms with Gasteiger partial charge < -0.3 is 15.2 Å². The van der Waals surface area contributed by atoms with Gasteiger partial charge >= 0.3 is 0 Å². The molecule has 0 unspecified atom stereocenters. The van der Waals surface area contributed by atoms with Crippen molar-refractivity contribution in [1.29, 1.82) is 0 Å². The highest BCUT2D eigenvalue weighted by molar-refractivity contribution is 5.94. The van der Waals surface area contributed by atoms with Crippen molar-refractivity contribution in [2.75, 3.05) is 33.4 Å². The Morgan fingerprint density at radius 1 is 1.36 bits per heavy atom. The molecule has 2 rings (SSSR count). The first-order chi connectivity index (χ1) is 10.7. The molecule has 2 N–H and O–H groups in total. The van der Waals surface area contributed by atoms with Crippen molar-refractivity contribution in [3.05, 3.63) is 29.8 Å². The SMILES string of the molecule is CCC[C@@H]1CN(CCO)C[C@H]1NC(=O)c1ccc(OC)cc1. The van der Waals surface area contributed by atoms with Crippen LogP contribution in [0, 0.1) is 5.92 Å². The fourth-order valence-corrected chi connectivity index (χ4v) is 3.11. The van der Waals surface area contributed by atoms with Crippen LogP contribution in [0.1, 0.15) is 30.1 Å². The van der Waals surface area contributed by atoms with E-state index in [1.165, 1.54) is 0 Å². The molecule has 0 bridgehead atoms. The van der Waals surface area contributed by atoms with E-state index in [2.05, 4.69) is 17.1 Å². The van der Waals surface area contributed by atoms with E-state index in [9.17, 15) is 4.79 Å². The van der Waals surface area contributed by atoms with E-state index in [4.69, 9.17) is 9.84 Å². The highest BCUT2D eigenvalue weighted by Crippen LogP contribution is 2.22. The molecule has 22 heavy (non-hydrogen) atoms. The molecule has 1 aromatic rings. The minimum absolute atomic E-state index is 0.0420. The zero-order chi connectivity index (χ0) is 15.9. The summed E-state index contributed by atoms with van der Waals surface area (Å²) < 4.78 is 5.11. The number of likely N-dealkylation sites (tertiary alicyclic amines) is 1. The van der Waals surface area contributed by atoms with E-state index < -0.39 is 0 Å². The number of β-amino-alcohol motifs (C(OH)–C–C–N with tert-alkyl or cyclic N) is 1. The number of carbonyl (C=O) groups is 1. The zero-order valence-electron chi connectivity index (χ0n) is 13.4. The predicted molar refractivity (Wildman–Crippen MR) is 86.2 cm³/mol. The first kappa shape index (κ1) is 16.8. The fraction of sp³-hybridized carbons (Fsp3) is 0.588. The average molecular weight is 306 g/mol. The molecular weight excluding hydrogens is 280 g/mol. The number of hydrogen-bond acceptors (Lipinski definition) is 4. The maximum absolute atomic E-state index is 12.4. The molecular formula is C17H26N2O3. The second kappa shape index (κ2) is 8.15. The Labute approximate surface area is 132 Å². The summed E-state index contributed by atoms with van der Waals surface area (Å²) in [4.78, 5) is 14.6. The van der Waals surface area contributed by atoms with Gasteiger partial charge in [-0.05, 0) is 36.6 Å². The molecule has 5 heteroatoms. The lowest BCUT2D eigenvalue weighted by Crippen LogP contribution is -2.40. The van der Waals surface area contributed by atoms with Crippen LogP contribution in [0.3, 0.4) is 0 Å². The fourth-order valence-electron chi connectivity index (χ4n) is 3.11. The number of amides is 1. The molecule has 1 aliphatic heterocycles. The van der Waals surface area contributed by atoms with Crippen LogP contribution in [0.2, 0.25) is 0 Å². The third-order valence-electron chi connectivity index (χ3n) is 4.26. The summed E-state index contributed by atoms with van der Waals surface area (Å²) in [7, 11) is 1.61. The van der Waals surface area contributed by atoms with Gasteiger partial charge in [0.05, 0.1) is 13.7 Å². The Morgan fingerprint density at radius 2 is 2.09 bits per heavy atom. The maximum Gasteiger partial charge on any atom is 0.251 e. The number of carbonyl (C=O) groups excluding carboxylic acids is 1. The van der Waals surface area contributed by atoms with Crippen LogP contribution in [-0.4, -0.2) is 55.3 Å². The summed E-state index contributed by atoms with van der Waals surface area (Å²) >= 11 is 0. The van der Waals surface area contributed by atoms with Crippen molar-refractivity contribution >= 4 is 5.91 Å². The first-order valence-electron chi connectivity index (χ1n) is 7.96. The third kappa shape index (κ3) is 4.21. The van der Waals surface area contributed by atoms with Crippen molar-refractivity contribution in [3.63, 3.8) is 0 Å². The van der Waals surface area contributed by atoms with Crippen LogP contribution in [0.4, 0.5) is 0 Å². The molecule has 2 atom stereocenters. The first-order valence-corrected chi connectivity index (χ1v) is 7.96. The molecule has 5 nitrogen and oxygen atoms in total. The maximum atomic E-state index is 12.4. The van der Waals surface area contributed by atoms with Gasteiger partial charge in [0.1, 0.15) is 5.75 Å². The second-order valence-corrected chi connectivity index (χ2v) is 5.84. The quantitative estimate of drug-likeness (QED) is 0.802. The number of hydrogen-bond donors (Lipinski definition) is 2. The van der Waals surface area contributed by atoms with Gasteiger partial charge in [-0.25, -0.2) is 0 Å². The smallest absolute Gasteiger partial charge is 0.251 e. The lowest BCUT2D eigenvalue weighted by molar-refractivity contribution is 0.0929. The van der Waals surface area contributed by atoms with Crippen LogP contribution in [0.15, 0.2) is 24.3 Å². The van der Waals surface area contributed by atoms with Gasteiger partial charge in [0, 0.05) is 31.2 Å². The van der Waals surface area contributed by atoms with Crippen LogP contribution in [0.5, 0.6) is 5.75 Å². The van der Waals surface area contributed by atoms with Crippen molar-refractivity contribution in [2.24, 2.45) is 5.92 Å². The Hall–Kier alpha value is -1.59. The summed E-state index contributed by atoms with van der Waals surface area (Å²) in [6, 6.07) is 7.31. The molecule has 0 spiro atoms. The number of nitrogens with zero attached hydrogens (tertiary/aromatic N) is 1. The largest absolute Gasteiger partial charge is 0.497 e. The van der Waals surface area contributed by atoms with Gasteiger partial charge in [0.2, 0.25) is 0 Å². The highest BCUT2D eigenvalue weighted by Gasteiger charge is 2.32. The van der Waals surface area contributed by atoms with Crippen LogP contribution in [0.25, 0.3) is 0 Å². The van der Waals surface area contributed by atoms with E-state index in [1.54, 1.807) is 31.4 Å². The van der Waals surface area contributed by atoms with Crippen LogP contribution in [-0.2, 0) is 0 Å². The number of aliphatic hydroxyl groups is 1. The number of aliphatic hydroxyl groups excluding tert-OH is 1. The number of methoxy groups -OCH3 is 1. The summed E-state index contributed by atoms with van der Waals surface area (Å²) in [5.74, 6) is 1.16. The topological polar surface area (TPSA) is 61.8 Å². The minimum Gasteiger partial charge on any atom is -0.497 e. The highest BCUT2D eigenvalue weighted by atomic mass is 16.5.